The van der Waals surface area contributed by atoms with E-state index in [1.165, 1.54) is 0 Å². The first kappa shape index (κ1) is 17.5. The van der Waals surface area contributed by atoms with Crippen LogP contribution in [0.15, 0.2) is 4.52 Å². The molecule has 1 aliphatic carbocycles. The van der Waals surface area contributed by atoms with Gasteiger partial charge in [-0.15, -0.1) is 0 Å². The van der Waals surface area contributed by atoms with Gasteiger partial charge in [0.1, 0.15) is 6.10 Å². The molecule has 4 rings (SSSR count). The van der Waals surface area contributed by atoms with Gasteiger partial charge < -0.3 is 19.5 Å². The second kappa shape index (κ2) is 7.73. The molecule has 1 saturated carbocycles. The van der Waals surface area contributed by atoms with E-state index in [2.05, 4.69) is 15.5 Å². The maximum Gasteiger partial charge on any atom is 0.255 e. The number of hydrogen-bond acceptors (Lipinski definition) is 6. The molecule has 1 N–H and O–H groups in total. The van der Waals surface area contributed by atoms with Gasteiger partial charge in [-0.05, 0) is 38.5 Å². The quantitative estimate of drug-likeness (QED) is 0.817. The number of hydrogen-bond donors (Lipinski definition) is 1. The van der Waals surface area contributed by atoms with Gasteiger partial charge in [0.15, 0.2) is 5.82 Å². The van der Waals surface area contributed by atoms with Crippen molar-refractivity contribution in [3.8, 4) is 0 Å². The molecule has 2 saturated heterocycles. The van der Waals surface area contributed by atoms with Crippen LogP contribution in [-0.4, -0.2) is 53.1 Å². The highest BCUT2D eigenvalue weighted by atomic mass is 16.5. The molecule has 0 unspecified atom stereocenters. The van der Waals surface area contributed by atoms with Crippen LogP contribution in [0, 0.1) is 11.8 Å². The molecule has 1 aromatic rings. The van der Waals surface area contributed by atoms with Gasteiger partial charge in [0.25, 0.3) is 5.89 Å². The molecule has 2 aliphatic heterocycles. The molecule has 2 amide bonds. The highest BCUT2D eigenvalue weighted by Crippen LogP contribution is 2.32. The molecule has 26 heavy (non-hydrogen) atoms. The standard InChI is InChI=1S/C18H26N4O4/c23-16(12-6-9-22(10-7-12)18(24)13-3-4-13)19-8-5-15-20-17(26-21-15)14-2-1-11-25-14/h12-14H,1-11H2,(H,19,23)/t14-/m1/s1. The first-order chi connectivity index (χ1) is 12.7. The number of nitrogens with one attached hydrogen (secondary N) is 1. The monoisotopic (exact) mass is 362 g/mol. The van der Waals surface area contributed by atoms with Crippen molar-refractivity contribution in [1.29, 1.82) is 0 Å². The maximum absolute atomic E-state index is 12.3. The Morgan fingerprint density at radius 3 is 2.62 bits per heavy atom. The summed E-state index contributed by atoms with van der Waals surface area (Å²) in [6, 6.07) is 0. The van der Waals surface area contributed by atoms with Gasteiger partial charge in [0, 0.05) is 44.5 Å². The lowest BCUT2D eigenvalue weighted by molar-refractivity contribution is -0.136. The van der Waals surface area contributed by atoms with Crippen molar-refractivity contribution in [1.82, 2.24) is 20.4 Å². The third-order valence-electron chi connectivity index (χ3n) is 5.44. The fourth-order valence-electron chi connectivity index (χ4n) is 3.66. The topological polar surface area (TPSA) is 97.6 Å². The Hall–Kier alpha value is -1.96. The Bertz CT molecular complexity index is 643. The number of aromatic nitrogens is 2. The molecule has 3 aliphatic rings. The van der Waals surface area contributed by atoms with E-state index in [4.69, 9.17) is 9.26 Å². The zero-order chi connectivity index (χ0) is 17.9. The molecule has 8 heteroatoms. The van der Waals surface area contributed by atoms with Crippen molar-refractivity contribution in [3.63, 3.8) is 0 Å². The normalized spacial score (nSPS) is 24.0. The highest BCUT2D eigenvalue weighted by molar-refractivity contribution is 5.82. The van der Waals surface area contributed by atoms with E-state index >= 15 is 0 Å². The molecular weight excluding hydrogens is 336 g/mol. The molecule has 1 atom stereocenters. The predicted octanol–water partition coefficient (Wildman–Crippen LogP) is 1.23. The van der Waals surface area contributed by atoms with Crippen LogP contribution in [0.3, 0.4) is 0 Å². The third-order valence-corrected chi connectivity index (χ3v) is 5.44. The molecule has 0 bridgehead atoms. The summed E-state index contributed by atoms with van der Waals surface area (Å²) in [6.45, 7) is 2.63. The zero-order valence-electron chi connectivity index (χ0n) is 15.0. The zero-order valence-corrected chi connectivity index (χ0v) is 15.0. The van der Waals surface area contributed by atoms with Crippen LogP contribution in [0.2, 0.25) is 0 Å². The van der Waals surface area contributed by atoms with Crippen molar-refractivity contribution >= 4 is 11.8 Å². The lowest BCUT2D eigenvalue weighted by atomic mass is 9.95. The molecule has 8 nitrogen and oxygen atoms in total. The highest BCUT2D eigenvalue weighted by Gasteiger charge is 2.35. The second-order valence-corrected chi connectivity index (χ2v) is 7.47. The minimum Gasteiger partial charge on any atom is -0.368 e. The second-order valence-electron chi connectivity index (χ2n) is 7.47. The number of nitrogens with zero attached hydrogens (tertiary/aromatic N) is 3. The van der Waals surface area contributed by atoms with Crippen LogP contribution in [-0.2, 0) is 20.7 Å². The summed E-state index contributed by atoms with van der Waals surface area (Å²) in [7, 11) is 0. The van der Waals surface area contributed by atoms with Gasteiger partial charge in [-0.2, -0.15) is 4.98 Å². The third kappa shape index (κ3) is 4.06. The summed E-state index contributed by atoms with van der Waals surface area (Å²) in [4.78, 5) is 30.7. The van der Waals surface area contributed by atoms with E-state index in [0.29, 0.717) is 37.8 Å². The van der Waals surface area contributed by atoms with Crippen LogP contribution >= 0.6 is 0 Å². The number of rotatable bonds is 6. The van der Waals surface area contributed by atoms with E-state index in [9.17, 15) is 9.59 Å². The number of carbonyl (C=O) groups excluding carboxylic acids is 2. The van der Waals surface area contributed by atoms with Crippen molar-refractivity contribution in [2.24, 2.45) is 11.8 Å². The van der Waals surface area contributed by atoms with Crippen molar-refractivity contribution in [2.45, 2.75) is 51.0 Å². The number of piperidine rings is 1. The molecule has 3 heterocycles. The molecular formula is C18H26N4O4. The van der Waals surface area contributed by atoms with Gasteiger partial charge in [-0.1, -0.05) is 5.16 Å². The van der Waals surface area contributed by atoms with Crippen LogP contribution in [0.1, 0.15) is 56.3 Å². The van der Waals surface area contributed by atoms with Crippen molar-refractivity contribution in [2.75, 3.05) is 26.2 Å². The number of carbonyl (C=O) groups is 2. The summed E-state index contributed by atoms with van der Waals surface area (Å²) >= 11 is 0. The smallest absolute Gasteiger partial charge is 0.255 e. The van der Waals surface area contributed by atoms with Gasteiger partial charge in [0.05, 0.1) is 0 Å². The molecule has 0 radical (unpaired) electrons. The first-order valence-electron chi connectivity index (χ1n) is 9.71. The summed E-state index contributed by atoms with van der Waals surface area (Å²) in [5, 5.41) is 6.92. The number of ether oxygens (including phenoxy) is 1. The fraction of sp³-hybridized carbons (Fsp3) is 0.778. The largest absolute Gasteiger partial charge is 0.368 e. The van der Waals surface area contributed by atoms with Gasteiger partial charge in [-0.25, -0.2) is 0 Å². The average Bonchev–Trinajstić information content (AvgIpc) is 3.17. The SMILES string of the molecule is O=C(NCCc1noc([C@H]2CCCO2)n1)C1CCN(C(=O)C2CC2)CC1. The van der Waals surface area contributed by atoms with Crippen LogP contribution in [0.5, 0.6) is 0 Å². The average molecular weight is 362 g/mol. The van der Waals surface area contributed by atoms with Gasteiger partial charge in [-0.3, -0.25) is 9.59 Å². The molecule has 1 aromatic heterocycles. The summed E-state index contributed by atoms with van der Waals surface area (Å²) in [5.41, 5.74) is 0. The van der Waals surface area contributed by atoms with Crippen LogP contribution < -0.4 is 5.32 Å². The molecule has 142 valence electrons. The van der Waals surface area contributed by atoms with E-state index in [1.54, 1.807) is 0 Å². The number of amides is 2. The molecule has 0 spiro atoms. The maximum atomic E-state index is 12.3. The van der Waals surface area contributed by atoms with Crippen molar-refractivity contribution in [3.05, 3.63) is 11.7 Å². The first-order valence-corrected chi connectivity index (χ1v) is 9.71. The Labute approximate surface area is 152 Å². The van der Waals surface area contributed by atoms with E-state index in [1.807, 2.05) is 4.90 Å². The van der Waals surface area contributed by atoms with Gasteiger partial charge >= 0.3 is 0 Å². The lowest BCUT2D eigenvalue weighted by Crippen LogP contribution is -2.43. The summed E-state index contributed by atoms with van der Waals surface area (Å²) in [5.74, 6) is 1.73. The molecule has 0 aromatic carbocycles. The fourth-order valence-corrected chi connectivity index (χ4v) is 3.66. The minimum atomic E-state index is -0.0747. The minimum absolute atomic E-state index is 0.00836. The van der Waals surface area contributed by atoms with Gasteiger partial charge in [0.2, 0.25) is 11.8 Å². The van der Waals surface area contributed by atoms with Crippen LogP contribution in [0.4, 0.5) is 0 Å². The summed E-state index contributed by atoms with van der Waals surface area (Å²) in [6.07, 6.45) is 5.96. The van der Waals surface area contributed by atoms with E-state index in [-0.39, 0.29) is 29.8 Å². The van der Waals surface area contributed by atoms with Crippen molar-refractivity contribution < 1.29 is 18.8 Å². The predicted molar refractivity (Wildman–Crippen MR) is 91.0 cm³/mol. The number of likely N-dealkylation sites (tertiary alicyclic amines) is 1. The summed E-state index contributed by atoms with van der Waals surface area (Å²) < 4.78 is 10.8. The Morgan fingerprint density at radius 2 is 1.92 bits per heavy atom. The Kier molecular flexibility index (Phi) is 5.19. The van der Waals surface area contributed by atoms with E-state index < -0.39 is 0 Å². The Balaban J connectivity index is 1.17. The lowest BCUT2D eigenvalue weighted by Gasteiger charge is -2.31. The van der Waals surface area contributed by atoms with Crippen LogP contribution in [0.25, 0.3) is 0 Å². The molecule has 3 fully saturated rings. The van der Waals surface area contributed by atoms with E-state index in [0.717, 1.165) is 45.1 Å². The Morgan fingerprint density at radius 1 is 1.12 bits per heavy atom.